The molecule has 0 radical (unpaired) electrons. The molecular formula is C50H31BrN2. The summed E-state index contributed by atoms with van der Waals surface area (Å²) in [6.07, 6.45) is 0. The van der Waals surface area contributed by atoms with Crippen LogP contribution in [0.1, 0.15) is 13.7 Å². The van der Waals surface area contributed by atoms with Crippen molar-refractivity contribution in [2.24, 2.45) is 0 Å². The number of hydrogen-bond acceptors (Lipinski definition) is 0. The van der Waals surface area contributed by atoms with E-state index in [9.17, 15) is 0 Å². The van der Waals surface area contributed by atoms with Crippen LogP contribution in [0, 0.1) is 0 Å². The zero-order chi connectivity index (χ0) is 43.7. The Morgan fingerprint density at radius 1 is 0.358 bits per heavy atom. The average Bonchev–Trinajstić information content (AvgIpc) is 3.81. The molecule has 0 aliphatic carbocycles. The van der Waals surface area contributed by atoms with Gasteiger partial charge in [0.15, 0.2) is 0 Å². The first-order chi connectivity index (χ1) is 30.4. The summed E-state index contributed by atoms with van der Waals surface area (Å²) >= 11 is 4.08. The summed E-state index contributed by atoms with van der Waals surface area (Å²) in [4.78, 5) is 0. The Bertz CT molecular complexity index is 3530. The van der Waals surface area contributed by atoms with Crippen molar-refractivity contribution in [2.45, 2.75) is 0 Å². The Balaban J connectivity index is 1.24. The molecule has 2 nitrogen and oxygen atoms in total. The maximum atomic E-state index is 9.03. The fourth-order valence-electron chi connectivity index (χ4n) is 8.25. The van der Waals surface area contributed by atoms with Gasteiger partial charge in [-0.05, 0) is 108 Å². The van der Waals surface area contributed by atoms with E-state index in [0.717, 1.165) is 69.8 Å². The van der Waals surface area contributed by atoms with E-state index in [4.69, 9.17) is 13.7 Å². The summed E-state index contributed by atoms with van der Waals surface area (Å²) in [5, 5.41) is 7.30. The third kappa shape index (κ3) is 4.44. The minimum Gasteiger partial charge on any atom is -0.309 e. The van der Waals surface area contributed by atoms with Crippen LogP contribution in [-0.2, 0) is 0 Å². The molecule has 0 aliphatic heterocycles. The standard InChI is InChI=1S/C50H31BrN2/c51-50-38(42-30-46-48(36-22-9-7-20-34(36)42)40-24-11-13-28-44(40)52(46)32-16-3-1-4-17-32)26-15-27-39(50)43-31-47-49(37-23-10-8-21-35(37)43)41-25-12-14-29-45(41)53(47)33-18-5-2-6-19-33/h1-31H/i1D,2D,3D,4D,5D,6D,16D,17D,18D,19D. The molecule has 0 amide bonds. The van der Waals surface area contributed by atoms with E-state index in [-0.39, 0.29) is 35.5 Å². The lowest BCUT2D eigenvalue weighted by molar-refractivity contribution is 1.18. The van der Waals surface area contributed by atoms with E-state index >= 15 is 0 Å². The maximum Gasteiger partial charge on any atom is 0.0645 e. The zero-order valence-electron chi connectivity index (χ0n) is 37.9. The van der Waals surface area contributed by atoms with Crippen molar-refractivity contribution in [1.82, 2.24) is 9.13 Å². The first-order valence-electron chi connectivity index (χ1n) is 22.2. The van der Waals surface area contributed by atoms with Crippen molar-refractivity contribution in [3.63, 3.8) is 0 Å². The highest BCUT2D eigenvalue weighted by atomic mass is 79.9. The van der Waals surface area contributed by atoms with Gasteiger partial charge in [0.1, 0.15) is 0 Å². The number of halogens is 1. The number of nitrogens with zero attached hydrogens (tertiary/aromatic N) is 2. The van der Waals surface area contributed by atoms with Gasteiger partial charge < -0.3 is 9.13 Å². The Hall–Kier alpha value is -6.42. The summed E-state index contributed by atoms with van der Waals surface area (Å²) in [5.41, 5.74) is 6.28. The second-order valence-electron chi connectivity index (χ2n) is 13.0. The molecule has 0 saturated carbocycles. The summed E-state index contributed by atoms with van der Waals surface area (Å²) in [5.74, 6) is 0. The average molecular weight is 750 g/mol. The summed E-state index contributed by atoms with van der Waals surface area (Å²) in [7, 11) is 0. The molecule has 2 aromatic heterocycles. The molecule has 11 rings (SSSR count). The number of benzene rings is 9. The predicted octanol–water partition coefficient (Wildman–Crippen LogP) is 14.3. The monoisotopic (exact) mass is 748 g/mol. The third-order valence-corrected chi connectivity index (χ3v) is 11.2. The van der Waals surface area contributed by atoms with Gasteiger partial charge >= 0.3 is 0 Å². The van der Waals surface area contributed by atoms with Crippen LogP contribution in [0.3, 0.4) is 0 Å². The minimum absolute atomic E-state index is 0.0653. The Morgan fingerprint density at radius 2 is 0.736 bits per heavy atom. The quantitative estimate of drug-likeness (QED) is 0.170. The Labute approximate surface area is 329 Å². The molecule has 0 atom stereocenters. The van der Waals surface area contributed by atoms with Crippen molar-refractivity contribution in [2.75, 3.05) is 0 Å². The molecule has 2 heterocycles. The molecule has 0 fully saturated rings. The van der Waals surface area contributed by atoms with Crippen molar-refractivity contribution >= 4 is 81.1 Å². The van der Waals surface area contributed by atoms with E-state index < -0.39 is 36.3 Å². The van der Waals surface area contributed by atoms with E-state index in [1.54, 1.807) is 9.13 Å². The zero-order valence-corrected chi connectivity index (χ0v) is 29.5. The molecule has 9 aromatic carbocycles. The maximum absolute atomic E-state index is 9.03. The molecule has 3 heteroatoms. The van der Waals surface area contributed by atoms with E-state index in [1.807, 2.05) is 103 Å². The lowest BCUT2D eigenvalue weighted by Crippen LogP contribution is -1.95. The third-order valence-electron chi connectivity index (χ3n) is 10.4. The highest BCUT2D eigenvalue weighted by Crippen LogP contribution is 2.47. The summed E-state index contributed by atoms with van der Waals surface area (Å²) in [6.45, 7) is 0. The van der Waals surface area contributed by atoms with Crippen LogP contribution >= 0.6 is 15.9 Å². The van der Waals surface area contributed by atoms with Gasteiger partial charge in [0.25, 0.3) is 0 Å². The van der Waals surface area contributed by atoms with Crippen LogP contribution < -0.4 is 0 Å². The molecule has 248 valence electrons. The lowest BCUT2D eigenvalue weighted by atomic mass is 9.91. The second kappa shape index (κ2) is 11.8. The van der Waals surface area contributed by atoms with Crippen LogP contribution in [0.25, 0.3) is 98.8 Å². The fraction of sp³-hybridized carbons (Fsp3) is 0. The van der Waals surface area contributed by atoms with Crippen molar-refractivity contribution in [3.05, 3.63) is 192 Å². The first kappa shape index (κ1) is 21.8. The van der Waals surface area contributed by atoms with E-state index in [0.29, 0.717) is 22.1 Å². The molecule has 53 heavy (non-hydrogen) atoms. The molecule has 0 saturated heterocycles. The molecule has 0 bridgehead atoms. The SMILES string of the molecule is [2H]c1c([2H])c([2H])c(-n2c3ccccc3c3c4ccccc4c(-c4cccc(-c5cc6c(c7ccccc57)c5ccccc5n6-c5c([2H])c([2H])c([2H])c([2H])c5[2H])c4Br)cc32)c([2H])c1[2H]. The number of rotatable bonds is 4. The fourth-order valence-corrected chi connectivity index (χ4v) is 8.94. The number of aromatic nitrogens is 2. The van der Waals surface area contributed by atoms with Gasteiger partial charge in [-0.1, -0.05) is 139 Å². The van der Waals surface area contributed by atoms with Crippen LogP contribution in [0.15, 0.2) is 192 Å². The van der Waals surface area contributed by atoms with Gasteiger partial charge in [-0.2, -0.15) is 0 Å². The smallest absolute Gasteiger partial charge is 0.0645 e. The molecule has 0 aliphatic rings. The highest BCUT2D eigenvalue weighted by Gasteiger charge is 2.22. The molecule has 11 aromatic rings. The van der Waals surface area contributed by atoms with Crippen LogP contribution in [0.2, 0.25) is 0 Å². The lowest BCUT2D eigenvalue weighted by Gasteiger charge is -2.17. The topological polar surface area (TPSA) is 9.86 Å². The summed E-state index contributed by atoms with van der Waals surface area (Å²) < 4.78 is 91.4. The van der Waals surface area contributed by atoms with Crippen molar-refractivity contribution < 1.29 is 13.7 Å². The van der Waals surface area contributed by atoms with E-state index in [1.165, 1.54) is 0 Å². The minimum atomic E-state index is -0.458. The Kier molecular flexibility index (Phi) is 4.86. The highest BCUT2D eigenvalue weighted by molar-refractivity contribution is 9.10. The summed E-state index contributed by atoms with van der Waals surface area (Å²) in [6, 6.07) is 38.0. The number of para-hydroxylation sites is 4. The number of fused-ring (bicyclic) bond motifs is 10. The van der Waals surface area contributed by atoms with Gasteiger partial charge in [-0.15, -0.1) is 0 Å². The molecule has 0 unspecified atom stereocenters. The molecular weight excluding hydrogens is 708 g/mol. The van der Waals surface area contributed by atoms with Gasteiger partial charge in [0.2, 0.25) is 0 Å². The van der Waals surface area contributed by atoms with Crippen LogP contribution in [0.4, 0.5) is 0 Å². The normalized spacial score (nSPS) is 14.5. The van der Waals surface area contributed by atoms with E-state index in [2.05, 4.69) is 40.2 Å². The second-order valence-corrected chi connectivity index (χ2v) is 13.8. The van der Waals surface area contributed by atoms with Gasteiger partial charge in [-0.3, -0.25) is 0 Å². The largest absolute Gasteiger partial charge is 0.309 e. The van der Waals surface area contributed by atoms with Gasteiger partial charge in [0, 0.05) is 37.4 Å². The first-order valence-corrected chi connectivity index (χ1v) is 18.0. The molecule has 0 N–H and O–H groups in total. The van der Waals surface area contributed by atoms with Crippen LogP contribution in [0.5, 0.6) is 0 Å². The van der Waals surface area contributed by atoms with Crippen LogP contribution in [-0.4, -0.2) is 9.13 Å². The van der Waals surface area contributed by atoms with Gasteiger partial charge in [0.05, 0.1) is 35.8 Å². The van der Waals surface area contributed by atoms with Gasteiger partial charge in [-0.25, -0.2) is 0 Å². The molecule has 0 spiro atoms. The Morgan fingerprint density at radius 3 is 1.17 bits per heavy atom. The number of hydrogen-bond donors (Lipinski definition) is 0. The van der Waals surface area contributed by atoms with Crippen molar-refractivity contribution in [3.8, 4) is 33.6 Å². The van der Waals surface area contributed by atoms with Crippen molar-refractivity contribution in [1.29, 1.82) is 0 Å². The predicted molar refractivity (Wildman–Crippen MR) is 229 cm³/mol.